The predicted molar refractivity (Wildman–Crippen MR) is 526 cm³/mol. The first-order valence-electron chi connectivity index (χ1n) is 52.4. The lowest BCUT2D eigenvalue weighted by Gasteiger charge is -2.61. The molecule has 0 radical (unpaired) electrons. The Labute approximate surface area is 783 Å². The van der Waals surface area contributed by atoms with E-state index < -0.39 is 0 Å². The summed E-state index contributed by atoms with van der Waals surface area (Å²) in [7, 11) is 0. The molecule has 12 rings (SSSR count). The average Bonchev–Trinajstić information content (AvgIpc) is 1.60. The molecule has 0 aromatic rings. The van der Waals surface area contributed by atoms with E-state index in [1.165, 1.54) is 180 Å². The summed E-state index contributed by atoms with van der Waals surface area (Å²) >= 11 is 0. The van der Waals surface area contributed by atoms with Gasteiger partial charge in [-0.15, -0.1) is 0 Å². The summed E-state index contributed by atoms with van der Waals surface area (Å²) < 4.78 is 48.5. The first kappa shape index (κ1) is 129. The number of hydrogen-bond acceptors (Lipinski definition) is 18. The second kappa shape index (κ2) is 65.8. The summed E-state index contributed by atoms with van der Waals surface area (Å²) in [4.78, 5) is 100. The number of fused-ring (bicyclic) bond motifs is 4. The summed E-state index contributed by atoms with van der Waals surface area (Å²) in [6.45, 7) is 74.6. The molecule has 0 aliphatic heterocycles. The Morgan fingerprint density at radius 2 is 0.551 bits per heavy atom. The van der Waals surface area contributed by atoms with Crippen molar-refractivity contribution in [3.05, 3.63) is 0 Å². The highest BCUT2D eigenvalue weighted by molar-refractivity contribution is 5.72. The number of hydrogen-bond donors (Lipinski definition) is 0. The molecule has 8 bridgehead atoms. The fraction of sp³-hybridized carbons (Fsp3) is 0.917. The molecule has 127 heavy (non-hydrogen) atoms. The number of carbonyl (C=O) groups is 9. The highest BCUT2D eigenvalue weighted by Gasteiger charge is 2.59. The molecule has 12 aliphatic rings. The summed E-state index contributed by atoms with van der Waals surface area (Å²) in [5.41, 5.74) is -1.79. The Bertz CT molecular complexity index is 2830. The highest BCUT2D eigenvalue weighted by Crippen LogP contribution is 2.64. The number of esters is 9. The van der Waals surface area contributed by atoms with Crippen molar-refractivity contribution in [1.29, 1.82) is 0 Å². The molecule has 12 fully saturated rings. The molecule has 18 nitrogen and oxygen atoms in total. The van der Waals surface area contributed by atoms with Gasteiger partial charge >= 0.3 is 53.7 Å². The predicted octanol–water partition coefficient (Wildman–Crippen LogP) is 30.8. The third-order valence-electron chi connectivity index (χ3n) is 26.8. The van der Waals surface area contributed by atoms with Gasteiger partial charge in [0.2, 0.25) is 0 Å². The zero-order chi connectivity index (χ0) is 99.0. The van der Waals surface area contributed by atoms with Gasteiger partial charge in [-0.05, 0) is 331 Å². The average molecular weight is 1810 g/mol. The molecule has 0 heterocycles. The number of rotatable bonds is 20. The summed E-state index contributed by atoms with van der Waals surface area (Å²) in [5.74, 6) is 7.03. The maximum absolute atomic E-state index is 11.7. The summed E-state index contributed by atoms with van der Waals surface area (Å²) in [5, 5.41) is 0. The van der Waals surface area contributed by atoms with E-state index in [4.69, 9.17) is 42.6 Å². The van der Waals surface area contributed by atoms with Crippen LogP contribution in [0, 0.1) is 64.6 Å². The van der Waals surface area contributed by atoms with Crippen LogP contribution in [0.2, 0.25) is 0 Å². The standard InChI is InChI=1S/C16H26O2.C13H22O2.2C12H22O2.C11H18O2.C10H18O2.C9H16O2.2C7H14O2.6C2H6/c1-4-14(17)18-15(2,3)16-8-11-5-12(9-16)7-13(6-11)10-16;1-4-12(14)15-13(2,3)11-8-9-5-6-10(11)7-9;2*1-4-11(13)14-12(2,3)10-8-6-5-7-9-10;1-3-10(12)13-11(2)7-8-4-5-9(11)6-8;1-3-9(11)12-10(2)7-5-4-6-8-10;1-3-8(10)11-9(2)6-4-5-7-9;2*1-5-6(8)9-7(2,3)4;6*1-2/h11-13H,4-10H2,1-3H3;9-11H,4-8H2,1-3H3;2*10H,4-9H2,1-3H3;8-9H,3-7H2,1-2H3;3-8H2,1-2H3;3-7H2,1-2H3;2*5H2,1-4H3;6*1-2H3. The van der Waals surface area contributed by atoms with E-state index >= 15 is 0 Å². The van der Waals surface area contributed by atoms with E-state index in [1.54, 1.807) is 13.8 Å². The van der Waals surface area contributed by atoms with Crippen LogP contribution < -0.4 is 0 Å². The molecule has 0 amide bonds. The molecule has 12 saturated carbocycles. The largest absolute Gasteiger partial charge is 0.460 e. The Morgan fingerprint density at radius 1 is 0.268 bits per heavy atom. The SMILES string of the molecule is CC.CC.CC.CC.CC.CC.CCC(=O)OC(C)(C)C.CCC(=O)OC(C)(C)C.CCC(=O)OC(C)(C)C12CC3CC(CC(C3)C1)C2.CCC(=O)OC(C)(C)C1CC2CCC1C2.CCC(=O)OC(C)(C)C1CCCCC1.CCC(=O)OC(C)(C)C1CCCCC1.CCC(=O)OC1(C)CC2CCC1C2.CCC(=O)OC1(C)CCCC1.CCC(=O)OC1(C)CCCCC1. The molecule has 6 unspecified atom stereocenters. The minimum Gasteiger partial charge on any atom is -0.460 e. The van der Waals surface area contributed by atoms with Gasteiger partial charge in [0.25, 0.3) is 0 Å². The van der Waals surface area contributed by atoms with Gasteiger partial charge in [-0.1, -0.05) is 197 Å². The van der Waals surface area contributed by atoms with Crippen molar-refractivity contribution >= 4 is 53.7 Å². The van der Waals surface area contributed by atoms with Crippen LogP contribution in [0.15, 0.2) is 0 Å². The van der Waals surface area contributed by atoms with Crippen LogP contribution in [0.1, 0.15) is 533 Å². The topological polar surface area (TPSA) is 237 Å². The van der Waals surface area contributed by atoms with Gasteiger partial charge < -0.3 is 42.6 Å². The molecule has 0 aromatic carbocycles. The highest BCUT2D eigenvalue weighted by atomic mass is 16.6. The van der Waals surface area contributed by atoms with Crippen LogP contribution in [-0.4, -0.2) is 104 Å². The Hall–Kier alpha value is -4.77. The van der Waals surface area contributed by atoms with Crippen LogP contribution in [-0.2, 0) is 85.8 Å². The van der Waals surface area contributed by atoms with Crippen LogP contribution in [0.5, 0.6) is 0 Å². The van der Waals surface area contributed by atoms with Crippen molar-refractivity contribution in [2.24, 2.45) is 64.6 Å². The van der Waals surface area contributed by atoms with Gasteiger partial charge in [0, 0.05) is 69.1 Å². The molecular weight excluding hydrogens is 1600 g/mol. The summed E-state index contributed by atoms with van der Waals surface area (Å²) in [6, 6.07) is 0. The van der Waals surface area contributed by atoms with E-state index in [0.717, 1.165) is 67.6 Å². The number of carbonyl (C=O) groups excluding carboxylic acids is 9. The van der Waals surface area contributed by atoms with E-state index in [2.05, 4.69) is 69.2 Å². The Kier molecular flexibility index (Phi) is 66.6. The van der Waals surface area contributed by atoms with Crippen LogP contribution >= 0.6 is 0 Å². The normalized spacial score (nSPS) is 24.4. The molecule has 6 atom stereocenters. The Morgan fingerprint density at radius 3 is 0.819 bits per heavy atom. The molecule has 12 aliphatic carbocycles. The molecule has 0 aromatic heterocycles. The first-order chi connectivity index (χ1) is 59.5. The molecule has 752 valence electrons. The molecule has 0 N–H and O–H groups in total. The van der Waals surface area contributed by atoms with Gasteiger partial charge in [-0.2, -0.15) is 0 Å². The molecule has 0 saturated heterocycles. The van der Waals surface area contributed by atoms with Crippen LogP contribution in [0.4, 0.5) is 0 Å². The smallest absolute Gasteiger partial charge is 0.306 e. The monoisotopic (exact) mass is 1810 g/mol. The Balaban J connectivity index is -0.000000664. The van der Waals surface area contributed by atoms with Crippen molar-refractivity contribution in [2.75, 3.05) is 0 Å². The van der Waals surface area contributed by atoms with Crippen LogP contribution in [0.3, 0.4) is 0 Å². The zero-order valence-electron chi connectivity index (χ0n) is 90.3. The lowest BCUT2D eigenvalue weighted by Crippen LogP contribution is -2.57. The second-order valence-corrected chi connectivity index (χ2v) is 40.7. The fourth-order valence-corrected chi connectivity index (χ4v) is 20.5. The van der Waals surface area contributed by atoms with Gasteiger partial charge in [-0.3, -0.25) is 43.2 Å². The van der Waals surface area contributed by atoms with E-state index in [1.807, 2.05) is 180 Å². The van der Waals surface area contributed by atoms with E-state index in [-0.39, 0.29) is 110 Å². The lowest BCUT2D eigenvalue weighted by molar-refractivity contribution is -0.198. The third kappa shape index (κ3) is 50.8. The fourth-order valence-electron chi connectivity index (χ4n) is 20.5. The number of ether oxygens (including phenoxy) is 9. The van der Waals surface area contributed by atoms with Crippen molar-refractivity contribution in [3.8, 4) is 0 Å². The second-order valence-electron chi connectivity index (χ2n) is 40.7. The maximum atomic E-state index is 11.7. The molecular formula is C109H208O18. The van der Waals surface area contributed by atoms with Gasteiger partial charge in [0.1, 0.15) is 50.4 Å². The molecule has 18 heteroatoms. The zero-order valence-corrected chi connectivity index (χ0v) is 90.3. The van der Waals surface area contributed by atoms with Crippen LogP contribution in [0.25, 0.3) is 0 Å². The summed E-state index contributed by atoms with van der Waals surface area (Å²) in [6.07, 6.45) is 45.9. The van der Waals surface area contributed by atoms with Gasteiger partial charge in [0.15, 0.2) is 0 Å². The lowest BCUT2D eigenvalue weighted by atomic mass is 9.46. The van der Waals surface area contributed by atoms with Crippen molar-refractivity contribution in [3.63, 3.8) is 0 Å². The van der Waals surface area contributed by atoms with Crippen molar-refractivity contribution < 1.29 is 85.8 Å². The van der Waals surface area contributed by atoms with Crippen molar-refractivity contribution in [1.82, 2.24) is 0 Å². The van der Waals surface area contributed by atoms with E-state index in [0.29, 0.717) is 81.5 Å². The molecule has 0 spiro atoms. The minimum atomic E-state index is -0.326. The minimum absolute atomic E-state index is 0.0317. The van der Waals surface area contributed by atoms with E-state index in [9.17, 15) is 43.2 Å². The van der Waals surface area contributed by atoms with Crippen molar-refractivity contribution in [2.45, 2.75) is 583 Å². The first-order valence-corrected chi connectivity index (χ1v) is 52.4. The quantitative estimate of drug-likeness (QED) is 0.0813. The van der Waals surface area contributed by atoms with Gasteiger partial charge in [0.05, 0.1) is 0 Å². The maximum Gasteiger partial charge on any atom is 0.306 e. The third-order valence-corrected chi connectivity index (χ3v) is 26.8. The van der Waals surface area contributed by atoms with Gasteiger partial charge in [-0.25, -0.2) is 0 Å².